The zero-order chi connectivity index (χ0) is 14.5. The summed E-state index contributed by atoms with van der Waals surface area (Å²) in [5.74, 6) is 0. The Bertz CT molecular complexity index is 581. The molecule has 1 nitrogen and oxygen atoms in total. The van der Waals surface area contributed by atoms with Crippen molar-refractivity contribution in [1.82, 2.24) is 0 Å². The van der Waals surface area contributed by atoms with Crippen LogP contribution in [0.1, 0.15) is 23.1 Å². The summed E-state index contributed by atoms with van der Waals surface area (Å²) in [5, 5.41) is 1.18. The van der Waals surface area contributed by atoms with Gasteiger partial charge in [0.25, 0.3) is 0 Å². The molecule has 106 valence electrons. The predicted molar refractivity (Wildman–Crippen MR) is 87.6 cm³/mol. The van der Waals surface area contributed by atoms with E-state index in [0.29, 0.717) is 10.0 Å². The number of aryl methyl sites for hydroxylation is 2. The summed E-state index contributed by atoms with van der Waals surface area (Å²) in [7, 11) is 0. The minimum atomic E-state index is 0.131. The van der Waals surface area contributed by atoms with Gasteiger partial charge in [0.1, 0.15) is 0 Å². The van der Waals surface area contributed by atoms with Crippen LogP contribution in [0.2, 0.25) is 10.0 Å². The van der Waals surface area contributed by atoms with Crippen LogP contribution in [-0.4, -0.2) is 6.04 Å². The lowest BCUT2D eigenvalue weighted by atomic mass is 9.98. The van der Waals surface area contributed by atoms with Crippen molar-refractivity contribution in [2.45, 2.75) is 32.2 Å². The first-order chi connectivity index (χ1) is 9.56. The van der Waals surface area contributed by atoms with Crippen LogP contribution in [0.3, 0.4) is 0 Å². The lowest BCUT2D eigenvalue weighted by molar-refractivity contribution is 0.609. The maximum absolute atomic E-state index is 6.22. The van der Waals surface area contributed by atoms with E-state index in [-0.39, 0.29) is 6.04 Å². The van der Waals surface area contributed by atoms with Crippen LogP contribution in [0.4, 0.5) is 0 Å². The van der Waals surface area contributed by atoms with Gasteiger partial charge >= 0.3 is 0 Å². The topological polar surface area (TPSA) is 26.0 Å². The van der Waals surface area contributed by atoms with Crippen molar-refractivity contribution < 1.29 is 0 Å². The molecule has 2 rings (SSSR count). The second-order valence-corrected chi connectivity index (χ2v) is 5.99. The fraction of sp³-hybridized carbons (Fsp3) is 0.294. The number of halogens is 2. The Balaban J connectivity index is 1.91. The second kappa shape index (κ2) is 7.12. The summed E-state index contributed by atoms with van der Waals surface area (Å²) < 4.78 is 0. The third-order valence-electron chi connectivity index (χ3n) is 3.53. The summed E-state index contributed by atoms with van der Waals surface area (Å²) in [4.78, 5) is 0. The number of benzene rings is 2. The molecule has 1 atom stereocenters. The molecule has 0 aromatic heterocycles. The molecule has 2 aromatic rings. The van der Waals surface area contributed by atoms with Crippen LogP contribution in [0.25, 0.3) is 0 Å². The standard InChI is InChI=1S/C17H19Cl2N/c1-12-4-2-3-5-14(12)7-8-15(20)10-13-6-9-16(18)17(19)11-13/h2-6,9,11,15H,7-8,10,20H2,1H3. The fourth-order valence-electron chi connectivity index (χ4n) is 2.30. The first-order valence-corrected chi connectivity index (χ1v) is 7.56. The van der Waals surface area contributed by atoms with Gasteiger partial charge in [-0.15, -0.1) is 0 Å². The van der Waals surface area contributed by atoms with E-state index in [1.165, 1.54) is 11.1 Å². The lowest BCUT2D eigenvalue weighted by Gasteiger charge is -2.13. The molecule has 0 aliphatic heterocycles. The molecule has 3 heteroatoms. The van der Waals surface area contributed by atoms with E-state index < -0.39 is 0 Å². The van der Waals surface area contributed by atoms with E-state index in [4.69, 9.17) is 28.9 Å². The maximum atomic E-state index is 6.22. The highest BCUT2D eigenvalue weighted by Crippen LogP contribution is 2.23. The van der Waals surface area contributed by atoms with Crippen LogP contribution >= 0.6 is 23.2 Å². The van der Waals surface area contributed by atoms with E-state index >= 15 is 0 Å². The molecule has 0 saturated heterocycles. The molecule has 0 bridgehead atoms. The zero-order valence-electron chi connectivity index (χ0n) is 11.6. The van der Waals surface area contributed by atoms with E-state index in [1.807, 2.05) is 18.2 Å². The highest BCUT2D eigenvalue weighted by molar-refractivity contribution is 6.42. The van der Waals surface area contributed by atoms with Gasteiger partial charge in [-0.1, -0.05) is 53.5 Å². The summed E-state index contributed by atoms with van der Waals surface area (Å²) >= 11 is 11.9. The van der Waals surface area contributed by atoms with Crippen molar-refractivity contribution >= 4 is 23.2 Å². The van der Waals surface area contributed by atoms with E-state index in [1.54, 1.807) is 0 Å². The summed E-state index contributed by atoms with van der Waals surface area (Å²) in [6, 6.07) is 14.3. The minimum absolute atomic E-state index is 0.131. The van der Waals surface area contributed by atoms with E-state index in [2.05, 4.69) is 31.2 Å². The lowest BCUT2D eigenvalue weighted by Crippen LogP contribution is -2.23. The molecule has 20 heavy (non-hydrogen) atoms. The number of nitrogens with two attached hydrogens (primary N) is 1. The Morgan fingerprint density at radius 2 is 1.80 bits per heavy atom. The van der Waals surface area contributed by atoms with Crippen molar-refractivity contribution in [2.24, 2.45) is 5.73 Å². The highest BCUT2D eigenvalue weighted by Gasteiger charge is 2.07. The number of rotatable bonds is 5. The Morgan fingerprint density at radius 3 is 2.50 bits per heavy atom. The van der Waals surface area contributed by atoms with Crippen molar-refractivity contribution in [3.8, 4) is 0 Å². The Kier molecular flexibility index (Phi) is 5.47. The van der Waals surface area contributed by atoms with Crippen molar-refractivity contribution in [3.63, 3.8) is 0 Å². The minimum Gasteiger partial charge on any atom is -0.327 e. The largest absolute Gasteiger partial charge is 0.327 e. The molecule has 0 aliphatic rings. The monoisotopic (exact) mass is 307 g/mol. The third kappa shape index (κ3) is 4.24. The first kappa shape index (κ1) is 15.4. The molecule has 0 heterocycles. The van der Waals surface area contributed by atoms with Crippen molar-refractivity contribution in [2.75, 3.05) is 0 Å². The summed E-state index contributed by atoms with van der Waals surface area (Å²) in [5.41, 5.74) is 10.1. The third-order valence-corrected chi connectivity index (χ3v) is 4.27. The van der Waals surface area contributed by atoms with Crippen LogP contribution in [-0.2, 0) is 12.8 Å². The molecule has 0 fully saturated rings. The molecule has 2 aromatic carbocycles. The second-order valence-electron chi connectivity index (χ2n) is 5.18. The molecule has 1 unspecified atom stereocenters. The van der Waals surface area contributed by atoms with Gasteiger partial charge < -0.3 is 5.73 Å². The van der Waals surface area contributed by atoms with Gasteiger partial charge in [0, 0.05) is 6.04 Å². The van der Waals surface area contributed by atoms with Crippen LogP contribution in [0.15, 0.2) is 42.5 Å². The Hall–Kier alpha value is -1.02. The zero-order valence-corrected chi connectivity index (χ0v) is 13.1. The van der Waals surface area contributed by atoms with Gasteiger partial charge in [-0.2, -0.15) is 0 Å². The SMILES string of the molecule is Cc1ccccc1CCC(N)Cc1ccc(Cl)c(Cl)c1. The van der Waals surface area contributed by atoms with Gasteiger partial charge in [-0.05, 0) is 55.0 Å². The maximum Gasteiger partial charge on any atom is 0.0595 e. The molecule has 0 spiro atoms. The van der Waals surface area contributed by atoms with Gasteiger partial charge in [-0.25, -0.2) is 0 Å². The van der Waals surface area contributed by atoms with Gasteiger partial charge in [0.2, 0.25) is 0 Å². The summed E-state index contributed by atoms with van der Waals surface area (Å²) in [6.07, 6.45) is 2.79. The smallest absolute Gasteiger partial charge is 0.0595 e. The van der Waals surface area contributed by atoms with Gasteiger partial charge in [0.15, 0.2) is 0 Å². The average Bonchev–Trinajstić information content (AvgIpc) is 2.42. The molecule has 0 aliphatic carbocycles. The predicted octanol–water partition coefficient (Wildman–Crippen LogP) is 4.80. The van der Waals surface area contributed by atoms with Gasteiger partial charge in [0.05, 0.1) is 10.0 Å². The molecule has 0 saturated carbocycles. The quantitative estimate of drug-likeness (QED) is 0.843. The van der Waals surface area contributed by atoms with E-state index in [0.717, 1.165) is 24.8 Å². The Morgan fingerprint density at radius 1 is 1.05 bits per heavy atom. The highest BCUT2D eigenvalue weighted by atomic mass is 35.5. The van der Waals surface area contributed by atoms with E-state index in [9.17, 15) is 0 Å². The molecule has 0 amide bonds. The van der Waals surface area contributed by atoms with Gasteiger partial charge in [-0.3, -0.25) is 0 Å². The molecule has 2 N–H and O–H groups in total. The average molecular weight is 308 g/mol. The fourth-order valence-corrected chi connectivity index (χ4v) is 2.62. The Labute approximate surface area is 130 Å². The summed E-state index contributed by atoms with van der Waals surface area (Å²) in [6.45, 7) is 2.14. The normalized spacial score (nSPS) is 12.4. The first-order valence-electron chi connectivity index (χ1n) is 6.80. The van der Waals surface area contributed by atoms with Crippen LogP contribution in [0.5, 0.6) is 0 Å². The number of hydrogen-bond acceptors (Lipinski definition) is 1. The van der Waals surface area contributed by atoms with Crippen LogP contribution < -0.4 is 5.73 Å². The molecule has 0 radical (unpaired) electrons. The number of hydrogen-bond donors (Lipinski definition) is 1. The van der Waals surface area contributed by atoms with Crippen LogP contribution in [0, 0.1) is 6.92 Å². The molecular formula is C17H19Cl2N. The molecular weight excluding hydrogens is 289 g/mol. The van der Waals surface area contributed by atoms with Crippen molar-refractivity contribution in [1.29, 1.82) is 0 Å². The van der Waals surface area contributed by atoms with Crippen molar-refractivity contribution in [3.05, 3.63) is 69.2 Å².